The minimum absolute atomic E-state index is 0.133. The maximum absolute atomic E-state index is 12.0. The van der Waals surface area contributed by atoms with Crippen LogP contribution in [0.25, 0.3) is 6.08 Å². The molecule has 0 spiro atoms. The first kappa shape index (κ1) is 20.1. The monoisotopic (exact) mass is 369 g/mol. The van der Waals surface area contributed by atoms with Crippen LogP contribution in [0.15, 0.2) is 47.4 Å². The van der Waals surface area contributed by atoms with E-state index in [9.17, 15) is 13.2 Å². The maximum Gasteiger partial charge on any atom is 0.241 e. The Hall–Kier alpha value is -1.99. The maximum atomic E-state index is 12.0. The average molecular weight is 370 g/mol. The molecule has 1 rings (SSSR count). The number of amides is 1. The van der Waals surface area contributed by atoms with Crippen molar-refractivity contribution in [3.8, 4) is 0 Å². The molecule has 0 saturated heterocycles. The fraction of sp³-hybridized carbons (Fsp3) is 0.312. The molecule has 0 saturated carbocycles. The zero-order valence-corrected chi connectivity index (χ0v) is 15.4. The second-order valence-corrected chi connectivity index (χ2v) is 7.55. The van der Waals surface area contributed by atoms with Crippen LogP contribution in [0.3, 0.4) is 0 Å². The number of hydrogen-bond acceptors (Lipinski definition) is 5. The molecule has 0 radical (unpaired) electrons. The van der Waals surface area contributed by atoms with Crippen LogP contribution >= 0.6 is 11.6 Å². The van der Waals surface area contributed by atoms with Crippen molar-refractivity contribution in [1.82, 2.24) is 9.88 Å². The molecule has 1 amide bonds. The third kappa shape index (κ3) is 7.06. The van der Waals surface area contributed by atoms with Crippen LogP contribution in [0.4, 0.5) is 0 Å². The van der Waals surface area contributed by atoms with Crippen LogP contribution in [0, 0.1) is 0 Å². The van der Waals surface area contributed by atoms with E-state index in [0.29, 0.717) is 12.1 Å². The summed E-state index contributed by atoms with van der Waals surface area (Å²) in [7, 11) is -0.451. The summed E-state index contributed by atoms with van der Waals surface area (Å²) < 4.78 is 22.6. The van der Waals surface area contributed by atoms with Gasteiger partial charge in [-0.1, -0.05) is 35.9 Å². The fourth-order valence-corrected chi connectivity index (χ4v) is 2.63. The van der Waals surface area contributed by atoms with Crippen molar-refractivity contribution in [3.05, 3.63) is 47.9 Å². The summed E-state index contributed by atoms with van der Waals surface area (Å²) in [5.41, 5.74) is 1.31. The van der Waals surface area contributed by atoms with Gasteiger partial charge in [0.15, 0.2) is 9.84 Å². The molecule has 8 heteroatoms. The van der Waals surface area contributed by atoms with Crippen molar-refractivity contribution in [1.29, 1.82) is 0 Å². The van der Waals surface area contributed by atoms with Crippen LogP contribution < -0.4 is 0 Å². The van der Waals surface area contributed by atoms with Crippen LogP contribution in [0.2, 0.25) is 0 Å². The number of allylic oxidation sites excluding steroid dienone is 3. The lowest BCUT2D eigenvalue weighted by Crippen LogP contribution is -2.33. The molecule has 24 heavy (non-hydrogen) atoms. The van der Waals surface area contributed by atoms with E-state index >= 15 is 0 Å². The largest absolute Gasteiger partial charge is 0.312 e. The van der Waals surface area contributed by atoms with E-state index in [-0.39, 0.29) is 5.17 Å². The van der Waals surface area contributed by atoms with Crippen molar-refractivity contribution in [3.63, 3.8) is 0 Å². The standard InChI is InChI=1S/C16H20ClN3O3S/c1-18-16(17)14(20(2)15(21)12-24(3,22)23)9-5-4-7-13-8-6-10-19-11-13/h4,6-11H,5,12H2,1-3H3/b7-4+,14-9+,18-16?. The van der Waals surface area contributed by atoms with Gasteiger partial charge in [0.1, 0.15) is 10.9 Å². The van der Waals surface area contributed by atoms with Crippen LogP contribution in [-0.2, 0) is 14.6 Å². The number of sulfone groups is 1. The normalized spacial score (nSPS) is 13.3. The second-order valence-electron chi connectivity index (χ2n) is 5.05. The molecule has 1 aromatic rings. The number of carbonyl (C=O) groups excluding carboxylic acids is 1. The van der Waals surface area contributed by atoms with Crippen LogP contribution in [0.1, 0.15) is 12.0 Å². The summed E-state index contributed by atoms with van der Waals surface area (Å²) >= 11 is 6.04. The molecule has 0 N–H and O–H groups in total. The van der Waals surface area contributed by atoms with E-state index in [1.807, 2.05) is 24.3 Å². The van der Waals surface area contributed by atoms with Gasteiger partial charge in [-0.15, -0.1) is 0 Å². The molecule has 0 fully saturated rings. The number of pyridine rings is 1. The SMILES string of the molecule is CN=C(Cl)/C(=C\C/C=C/c1cccnc1)N(C)C(=O)CS(C)(=O)=O. The molecule has 6 nitrogen and oxygen atoms in total. The molecule has 0 atom stereocenters. The number of carbonyl (C=O) groups is 1. The van der Waals surface area contributed by atoms with Gasteiger partial charge >= 0.3 is 0 Å². The molecule has 0 aliphatic heterocycles. The highest BCUT2D eigenvalue weighted by molar-refractivity contribution is 7.91. The highest BCUT2D eigenvalue weighted by atomic mass is 35.5. The molecular weight excluding hydrogens is 350 g/mol. The lowest BCUT2D eigenvalue weighted by Gasteiger charge is -2.19. The van der Waals surface area contributed by atoms with E-state index in [1.54, 1.807) is 18.5 Å². The van der Waals surface area contributed by atoms with Crippen LogP contribution in [-0.4, -0.2) is 55.5 Å². The number of aliphatic imine (C=N–C) groups is 1. The molecule has 1 aromatic heterocycles. The Morgan fingerprint density at radius 1 is 1.46 bits per heavy atom. The minimum Gasteiger partial charge on any atom is -0.312 e. The Bertz CT molecular complexity index is 756. The van der Waals surface area contributed by atoms with E-state index in [4.69, 9.17) is 11.6 Å². The minimum atomic E-state index is -3.42. The summed E-state index contributed by atoms with van der Waals surface area (Å²) in [6, 6.07) is 3.75. The van der Waals surface area contributed by atoms with Gasteiger partial charge < -0.3 is 4.90 Å². The van der Waals surface area contributed by atoms with Crippen molar-refractivity contribution < 1.29 is 13.2 Å². The number of hydrogen-bond donors (Lipinski definition) is 0. The van der Waals surface area contributed by atoms with E-state index in [1.165, 1.54) is 19.0 Å². The lowest BCUT2D eigenvalue weighted by molar-refractivity contribution is -0.125. The quantitative estimate of drug-likeness (QED) is 0.689. The summed E-state index contributed by atoms with van der Waals surface area (Å²) in [5.74, 6) is -1.15. The summed E-state index contributed by atoms with van der Waals surface area (Å²) in [6.07, 6.45) is 10.4. The molecule has 0 aromatic carbocycles. The molecule has 0 unspecified atom stereocenters. The Kier molecular flexibility index (Phi) is 7.81. The first-order valence-corrected chi connectivity index (χ1v) is 9.52. The molecule has 130 valence electrons. The molecule has 0 bridgehead atoms. The Labute approximate surface area is 147 Å². The molecular formula is C16H20ClN3O3S. The Morgan fingerprint density at radius 3 is 2.71 bits per heavy atom. The summed E-state index contributed by atoms with van der Waals surface area (Å²) in [5, 5.41) is 0.133. The second kappa shape index (κ2) is 9.34. The number of halogens is 1. The van der Waals surface area contributed by atoms with E-state index < -0.39 is 21.5 Å². The first-order chi connectivity index (χ1) is 11.2. The molecule has 0 aliphatic carbocycles. The van der Waals surface area contributed by atoms with Gasteiger partial charge in [0.2, 0.25) is 5.91 Å². The fourth-order valence-electron chi connectivity index (χ4n) is 1.79. The van der Waals surface area contributed by atoms with Gasteiger partial charge in [0.25, 0.3) is 0 Å². The zero-order chi connectivity index (χ0) is 18.2. The number of rotatable bonds is 7. The predicted octanol–water partition coefficient (Wildman–Crippen LogP) is 2.14. The Balaban J connectivity index is 2.88. The highest BCUT2D eigenvalue weighted by Crippen LogP contribution is 2.11. The van der Waals surface area contributed by atoms with E-state index in [0.717, 1.165) is 11.8 Å². The summed E-state index contributed by atoms with van der Waals surface area (Å²) in [6.45, 7) is 0. The van der Waals surface area contributed by atoms with Gasteiger partial charge in [0.05, 0.1) is 5.70 Å². The van der Waals surface area contributed by atoms with Gasteiger partial charge in [-0.05, 0) is 18.1 Å². The van der Waals surface area contributed by atoms with Crippen molar-refractivity contribution in [2.45, 2.75) is 6.42 Å². The van der Waals surface area contributed by atoms with Crippen molar-refractivity contribution >= 4 is 38.6 Å². The predicted molar refractivity (Wildman–Crippen MR) is 97.7 cm³/mol. The number of aromatic nitrogens is 1. The Morgan fingerprint density at radius 2 is 2.17 bits per heavy atom. The third-order valence-electron chi connectivity index (χ3n) is 2.97. The number of nitrogens with zero attached hydrogens (tertiary/aromatic N) is 3. The molecule has 1 heterocycles. The van der Waals surface area contributed by atoms with Crippen LogP contribution in [0.5, 0.6) is 0 Å². The lowest BCUT2D eigenvalue weighted by atomic mass is 10.2. The molecule has 0 aliphatic rings. The first-order valence-electron chi connectivity index (χ1n) is 7.08. The van der Waals surface area contributed by atoms with Gasteiger partial charge in [0, 0.05) is 32.7 Å². The zero-order valence-electron chi connectivity index (χ0n) is 13.8. The topological polar surface area (TPSA) is 79.7 Å². The smallest absolute Gasteiger partial charge is 0.241 e. The summed E-state index contributed by atoms with van der Waals surface area (Å²) in [4.78, 5) is 21.1. The van der Waals surface area contributed by atoms with E-state index in [2.05, 4.69) is 9.98 Å². The van der Waals surface area contributed by atoms with Crippen molar-refractivity contribution in [2.24, 2.45) is 4.99 Å². The van der Waals surface area contributed by atoms with Gasteiger partial charge in [-0.25, -0.2) is 8.42 Å². The van der Waals surface area contributed by atoms with Gasteiger partial charge in [-0.3, -0.25) is 14.8 Å². The van der Waals surface area contributed by atoms with Crippen molar-refractivity contribution in [2.75, 3.05) is 26.1 Å². The third-order valence-corrected chi connectivity index (χ3v) is 4.10. The average Bonchev–Trinajstić information content (AvgIpc) is 2.53. The van der Waals surface area contributed by atoms with Gasteiger partial charge in [-0.2, -0.15) is 0 Å². The highest BCUT2D eigenvalue weighted by Gasteiger charge is 2.20.